The topological polar surface area (TPSA) is 69.4 Å². The summed E-state index contributed by atoms with van der Waals surface area (Å²) in [5.41, 5.74) is 0.339. The second-order valence-corrected chi connectivity index (χ2v) is 4.23. The number of carbonyl (C=O) groups is 1. The fourth-order valence-corrected chi connectivity index (χ4v) is 2.13. The second-order valence-electron chi connectivity index (χ2n) is 4.23. The molecular weight excluding hydrogens is 246 g/mol. The van der Waals surface area contributed by atoms with Crippen LogP contribution in [0.3, 0.4) is 0 Å². The van der Waals surface area contributed by atoms with Gasteiger partial charge in [-0.3, -0.25) is 14.9 Å². The van der Waals surface area contributed by atoms with Gasteiger partial charge in [0.2, 0.25) is 0 Å². The fraction of sp³-hybridized carbons (Fsp3) is 0.214. The van der Waals surface area contributed by atoms with Gasteiger partial charge in [0.15, 0.2) is 0 Å². The molecule has 98 valence electrons. The first-order valence-electron chi connectivity index (χ1n) is 5.80. The van der Waals surface area contributed by atoms with Gasteiger partial charge < -0.3 is 4.74 Å². The van der Waals surface area contributed by atoms with Gasteiger partial charge in [0.05, 0.1) is 23.3 Å². The molecular formula is C14H13NO4. The molecule has 0 spiro atoms. The molecule has 0 saturated carbocycles. The molecule has 0 fully saturated rings. The average molecular weight is 259 g/mol. The lowest BCUT2D eigenvalue weighted by Crippen LogP contribution is -2.12. The van der Waals surface area contributed by atoms with Gasteiger partial charge in [-0.2, -0.15) is 0 Å². The van der Waals surface area contributed by atoms with Crippen LogP contribution < -0.4 is 0 Å². The molecule has 0 bridgehead atoms. The van der Waals surface area contributed by atoms with Crippen molar-refractivity contribution >= 4 is 22.4 Å². The van der Waals surface area contributed by atoms with Crippen LogP contribution in [0, 0.1) is 10.1 Å². The molecule has 0 radical (unpaired) electrons. The summed E-state index contributed by atoms with van der Waals surface area (Å²) in [6.07, 6.45) is 0. The van der Waals surface area contributed by atoms with E-state index in [9.17, 15) is 14.9 Å². The molecule has 0 amide bonds. The SMILES string of the molecule is COC(=O)C(C)c1ccc2ccccc2c1[N+](=O)[O-]. The van der Waals surface area contributed by atoms with Crippen LogP contribution >= 0.6 is 0 Å². The molecule has 0 N–H and O–H groups in total. The maximum absolute atomic E-state index is 11.6. The van der Waals surface area contributed by atoms with Crippen molar-refractivity contribution in [3.8, 4) is 0 Å². The van der Waals surface area contributed by atoms with Crippen LogP contribution in [0.1, 0.15) is 18.4 Å². The molecule has 0 aliphatic carbocycles. The van der Waals surface area contributed by atoms with Crippen molar-refractivity contribution in [2.24, 2.45) is 0 Å². The van der Waals surface area contributed by atoms with Crippen molar-refractivity contribution in [2.45, 2.75) is 12.8 Å². The van der Waals surface area contributed by atoms with E-state index in [1.54, 1.807) is 37.3 Å². The molecule has 0 heterocycles. The van der Waals surface area contributed by atoms with Crippen molar-refractivity contribution in [1.82, 2.24) is 0 Å². The molecule has 0 aromatic heterocycles. The summed E-state index contributed by atoms with van der Waals surface area (Å²) in [6.45, 7) is 1.60. The van der Waals surface area contributed by atoms with Gasteiger partial charge >= 0.3 is 5.97 Å². The third-order valence-electron chi connectivity index (χ3n) is 3.14. The highest BCUT2D eigenvalue weighted by Crippen LogP contribution is 2.34. The van der Waals surface area contributed by atoms with E-state index >= 15 is 0 Å². The van der Waals surface area contributed by atoms with E-state index in [-0.39, 0.29) is 5.69 Å². The first-order valence-corrected chi connectivity index (χ1v) is 5.80. The van der Waals surface area contributed by atoms with Gasteiger partial charge in [-0.15, -0.1) is 0 Å². The van der Waals surface area contributed by atoms with E-state index in [0.29, 0.717) is 10.9 Å². The highest BCUT2D eigenvalue weighted by Gasteiger charge is 2.26. The molecule has 19 heavy (non-hydrogen) atoms. The van der Waals surface area contributed by atoms with E-state index in [2.05, 4.69) is 4.74 Å². The number of nitro groups is 1. The minimum atomic E-state index is -0.671. The lowest BCUT2D eigenvalue weighted by Gasteiger charge is -2.11. The van der Waals surface area contributed by atoms with Gasteiger partial charge in [-0.1, -0.05) is 30.3 Å². The van der Waals surface area contributed by atoms with E-state index < -0.39 is 16.8 Å². The summed E-state index contributed by atoms with van der Waals surface area (Å²) in [4.78, 5) is 22.4. The fourth-order valence-electron chi connectivity index (χ4n) is 2.13. The van der Waals surface area contributed by atoms with Crippen molar-refractivity contribution in [3.05, 3.63) is 52.1 Å². The Hall–Kier alpha value is -2.43. The van der Waals surface area contributed by atoms with Gasteiger partial charge in [0.1, 0.15) is 0 Å². The maximum Gasteiger partial charge on any atom is 0.313 e. The number of methoxy groups -OCH3 is 1. The Bertz CT molecular complexity index is 651. The molecule has 5 nitrogen and oxygen atoms in total. The second kappa shape index (κ2) is 5.06. The first kappa shape index (κ1) is 13.0. The van der Waals surface area contributed by atoms with E-state index in [1.165, 1.54) is 7.11 Å². The highest BCUT2D eigenvalue weighted by atomic mass is 16.6. The molecule has 0 aliphatic heterocycles. The molecule has 2 aromatic carbocycles. The monoisotopic (exact) mass is 259 g/mol. The third kappa shape index (κ3) is 2.27. The number of nitro benzene ring substituents is 1. The number of carbonyl (C=O) groups excluding carboxylic acids is 1. The quantitative estimate of drug-likeness (QED) is 0.482. The molecule has 0 saturated heterocycles. The van der Waals surface area contributed by atoms with Crippen LogP contribution in [0.4, 0.5) is 5.69 Å². The normalized spacial score (nSPS) is 12.1. The zero-order valence-electron chi connectivity index (χ0n) is 10.6. The number of hydrogen-bond acceptors (Lipinski definition) is 4. The number of rotatable bonds is 3. The predicted molar refractivity (Wildman–Crippen MR) is 71.0 cm³/mol. The Morgan fingerprint density at radius 2 is 1.95 bits per heavy atom. The molecule has 2 aromatic rings. The molecule has 1 unspecified atom stereocenters. The minimum Gasteiger partial charge on any atom is -0.469 e. The minimum absolute atomic E-state index is 0.0315. The van der Waals surface area contributed by atoms with E-state index in [4.69, 9.17) is 0 Å². The van der Waals surface area contributed by atoms with Crippen LogP contribution in [-0.2, 0) is 9.53 Å². The zero-order chi connectivity index (χ0) is 14.0. The Morgan fingerprint density at radius 3 is 2.58 bits per heavy atom. The van der Waals surface area contributed by atoms with E-state index in [1.807, 2.05) is 6.07 Å². The lowest BCUT2D eigenvalue weighted by molar-refractivity contribution is -0.383. The predicted octanol–water partition coefficient (Wildman–Crippen LogP) is 3.02. The van der Waals surface area contributed by atoms with Crippen LogP contribution in [0.2, 0.25) is 0 Å². The molecule has 5 heteroatoms. The number of fused-ring (bicyclic) bond motifs is 1. The Labute approximate surface area is 110 Å². The number of nitrogens with zero attached hydrogens (tertiary/aromatic N) is 1. The Kier molecular flexibility index (Phi) is 3.46. The molecule has 0 aliphatic rings. The van der Waals surface area contributed by atoms with Crippen LogP contribution in [0.5, 0.6) is 0 Å². The van der Waals surface area contributed by atoms with Crippen molar-refractivity contribution in [3.63, 3.8) is 0 Å². The smallest absolute Gasteiger partial charge is 0.313 e. The van der Waals surface area contributed by atoms with Gasteiger partial charge in [-0.25, -0.2) is 0 Å². The number of benzene rings is 2. The van der Waals surface area contributed by atoms with Crippen LogP contribution in [0.25, 0.3) is 10.8 Å². The molecule has 1 atom stereocenters. The Morgan fingerprint density at radius 1 is 1.26 bits per heavy atom. The van der Waals surface area contributed by atoms with Crippen molar-refractivity contribution in [2.75, 3.05) is 7.11 Å². The number of esters is 1. The van der Waals surface area contributed by atoms with Crippen LogP contribution in [-0.4, -0.2) is 18.0 Å². The van der Waals surface area contributed by atoms with E-state index in [0.717, 1.165) is 5.39 Å². The summed E-state index contributed by atoms with van der Waals surface area (Å²) in [5.74, 6) is -1.16. The largest absolute Gasteiger partial charge is 0.469 e. The first-order chi connectivity index (χ1) is 9.06. The summed E-state index contributed by atoms with van der Waals surface area (Å²) < 4.78 is 4.65. The summed E-state index contributed by atoms with van der Waals surface area (Å²) in [6, 6.07) is 10.4. The van der Waals surface area contributed by atoms with Gasteiger partial charge in [-0.05, 0) is 18.4 Å². The molecule has 2 rings (SSSR count). The standard InChI is InChI=1S/C14H13NO4/c1-9(14(16)19-2)11-8-7-10-5-3-4-6-12(10)13(11)15(17)18/h3-9H,1-2H3. The lowest BCUT2D eigenvalue weighted by atomic mass is 9.95. The summed E-state index contributed by atoms with van der Waals surface area (Å²) in [7, 11) is 1.27. The maximum atomic E-state index is 11.6. The number of hydrogen-bond donors (Lipinski definition) is 0. The highest BCUT2D eigenvalue weighted by molar-refractivity contribution is 5.94. The van der Waals surface area contributed by atoms with Crippen molar-refractivity contribution in [1.29, 1.82) is 0 Å². The zero-order valence-corrected chi connectivity index (χ0v) is 10.6. The number of ether oxygens (including phenoxy) is 1. The van der Waals surface area contributed by atoms with Gasteiger partial charge in [0, 0.05) is 5.56 Å². The summed E-state index contributed by atoms with van der Waals surface area (Å²) >= 11 is 0. The van der Waals surface area contributed by atoms with Crippen molar-refractivity contribution < 1.29 is 14.5 Å². The Balaban J connectivity index is 2.71. The van der Waals surface area contributed by atoms with Crippen LogP contribution in [0.15, 0.2) is 36.4 Å². The van der Waals surface area contributed by atoms with Gasteiger partial charge in [0.25, 0.3) is 5.69 Å². The average Bonchev–Trinajstić information content (AvgIpc) is 2.44. The summed E-state index contributed by atoms with van der Waals surface area (Å²) in [5, 5.41) is 12.6. The third-order valence-corrected chi connectivity index (χ3v) is 3.14.